The molecule has 1 heterocycles. The first-order chi connectivity index (χ1) is 13.9. The van der Waals surface area contributed by atoms with E-state index in [0.29, 0.717) is 10.0 Å². The zero-order chi connectivity index (χ0) is 21.0. The van der Waals surface area contributed by atoms with Gasteiger partial charge in [0.15, 0.2) is 5.13 Å². The summed E-state index contributed by atoms with van der Waals surface area (Å²) in [5.41, 5.74) is 2.86. The standard InChI is InChI=1S/C22H23Cl2FN2S2/c1-4-11-27(20(13-28-3)15-5-8-17(25)9-6-15)22-26-21(14(2)29-22)18-10-7-16(23)12-19(18)24/h5-10,12,20H,4,11,13H2,1-3H3. The Hall–Kier alpha value is -1.27. The number of benzene rings is 2. The Balaban J connectivity index is 2.03. The van der Waals surface area contributed by atoms with Gasteiger partial charge in [-0.25, -0.2) is 9.37 Å². The molecular weight excluding hydrogens is 446 g/mol. The van der Waals surface area contributed by atoms with E-state index in [0.717, 1.165) is 45.5 Å². The van der Waals surface area contributed by atoms with Gasteiger partial charge in [-0.2, -0.15) is 11.8 Å². The van der Waals surface area contributed by atoms with Crippen molar-refractivity contribution < 1.29 is 4.39 Å². The molecule has 0 radical (unpaired) electrons. The summed E-state index contributed by atoms with van der Waals surface area (Å²) in [6.45, 7) is 5.08. The van der Waals surface area contributed by atoms with Crippen LogP contribution in [0.25, 0.3) is 11.3 Å². The maximum absolute atomic E-state index is 13.5. The van der Waals surface area contributed by atoms with Gasteiger partial charge in [0.25, 0.3) is 0 Å². The van der Waals surface area contributed by atoms with Crippen molar-refractivity contribution in [3.63, 3.8) is 0 Å². The Morgan fingerprint density at radius 3 is 2.52 bits per heavy atom. The molecule has 7 heteroatoms. The molecule has 154 valence electrons. The van der Waals surface area contributed by atoms with E-state index in [4.69, 9.17) is 28.2 Å². The zero-order valence-electron chi connectivity index (χ0n) is 16.6. The molecule has 1 unspecified atom stereocenters. The number of anilines is 1. The van der Waals surface area contributed by atoms with E-state index in [-0.39, 0.29) is 11.9 Å². The molecule has 0 amide bonds. The molecule has 2 nitrogen and oxygen atoms in total. The van der Waals surface area contributed by atoms with Crippen LogP contribution in [0, 0.1) is 12.7 Å². The molecule has 0 bridgehead atoms. The summed E-state index contributed by atoms with van der Waals surface area (Å²) in [5.74, 6) is 0.671. The van der Waals surface area contributed by atoms with E-state index < -0.39 is 0 Å². The van der Waals surface area contributed by atoms with E-state index in [1.165, 1.54) is 12.1 Å². The van der Waals surface area contributed by atoms with Crippen LogP contribution < -0.4 is 4.90 Å². The van der Waals surface area contributed by atoms with E-state index in [1.54, 1.807) is 29.2 Å². The lowest BCUT2D eigenvalue weighted by Gasteiger charge is -2.31. The minimum Gasteiger partial charge on any atom is -0.340 e. The van der Waals surface area contributed by atoms with Crippen molar-refractivity contribution in [1.29, 1.82) is 0 Å². The SMILES string of the molecule is CCCN(c1nc(-c2ccc(Cl)cc2Cl)c(C)s1)C(CSC)c1ccc(F)cc1. The van der Waals surface area contributed by atoms with Gasteiger partial charge < -0.3 is 4.90 Å². The van der Waals surface area contributed by atoms with Gasteiger partial charge in [0, 0.05) is 27.8 Å². The van der Waals surface area contributed by atoms with E-state index in [2.05, 4.69) is 25.0 Å². The van der Waals surface area contributed by atoms with Crippen molar-refractivity contribution in [2.75, 3.05) is 23.5 Å². The van der Waals surface area contributed by atoms with Gasteiger partial charge in [0.2, 0.25) is 0 Å². The van der Waals surface area contributed by atoms with Crippen LogP contribution in [0.4, 0.5) is 9.52 Å². The van der Waals surface area contributed by atoms with Gasteiger partial charge >= 0.3 is 0 Å². The van der Waals surface area contributed by atoms with E-state index in [9.17, 15) is 4.39 Å². The summed E-state index contributed by atoms with van der Waals surface area (Å²) in [5, 5.41) is 2.16. The number of hydrogen-bond acceptors (Lipinski definition) is 4. The first-order valence-corrected chi connectivity index (χ1v) is 12.3. The van der Waals surface area contributed by atoms with Crippen LogP contribution in [0.1, 0.15) is 29.8 Å². The minimum absolute atomic E-state index is 0.115. The van der Waals surface area contributed by atoms with E-state index >= 15 is 0 Å². The summed E-state index contributed by atoms with van der Waals surface area (Å²) in [7, 11) is 0. The predicted octanol–water partition coefficient (Wildman–Crippen LogP) is 7.89. The molecule has 0 fully saturated rings. The Morgan fingerprint density at radius 2 is 1.90 bits per heavy atom. The molecule has 0 aliphatic heterocycles. The molecule has 3 rings (SSSR count). The van der Waals surface area contributed by atoms with Gasteiger partial charge in [-0.3, -0.25) is 0 Å². The molecule has 1 aromatic heterocycles. The van der Waals surface area contributed by atoms with Crippen LogP contribution in [-0.2, 0) is 0 Å². The molecular formula is C22H23Cl2FN2S2. The second kappa shape index (κ2) is 10.2. The van der Waals surface area contributed by atoms with E-state index in [1.807, 2.05) is 24.3 Å². The Bertz CT molecular complexity index is 960. The molecule has 0 aliphatic rings. The third-order valence-corrected chi connectivity index (χ3v) is 6.84. The van der Waals surface area contributed by atoms with Crippen LogP contribution in [0.15, 0.2) is 42.5 Å². The third kappa shape index (κ3) is 5.26. The Labute approximate surface area is 190 Å². The molecule has 0 N–H and O–H groups in total. The van der Waals surface area contributed by atoms with Crippen LogP contribution >= 0.6 is 46.3 Å². The number of halogens is 3. The first-order valence-electron chi connectivity index (χ1n) is 9.38. The van der Waals surface area contributed by atoms with Crippen LogP contribution in [-0.4, -0.2) is 23.5 Å². The average Bonchev–Trinajstić information content (AvgIpc) is 3.06. The lowest BCUT2D eigenvalue weighted by Crippen LogP contribution is -2.31. The van der Waals surface area contributed by atoms with Crippen molar-refractivity contribution >= 4 is 51.4 Å². The van der Waals surface area contributed by atoms with Crippen molar-refractivity contribution in [2.24, 2.45) is 0 Å². The quantitative estimate of drug-likeness (QED) is 0.334. The van der Waals surface area contributed by atoms with Crippen molar-refractivity contribution in [1.82, 2.24) is 4.98 Å². The number of thiazole rings is 1. The third-order valence-electron chi connectivity index (χ3n) is 4.64. The van der Waals surface area contributed by atoms with Gasteiger partial charge in [-0.05, 0) is 55.5 Å². The number of aromatic nitrogens is 1. The monoisotopic (exact) mass is 468 g/mol. The molecule has 0 saturated carbocycles. The first kappa shape index (κ1) is 22.4. The molecule has 3 aromatic rings. The van der Waals surface area contributed by atoms with Crippen LogP contribution in [0.2, 0.25) is 10.0 Å². The van der Waals surface area contributed by atoms with Crippen molar-refractivity contribution in [3.8, 4) is 11.3 Å². The highest BCUT2D eigenvalue weighted by Gasteiger charge is 2.24. The van der Waals surface area contributed by atoms with Gasteiger partial charge in [-0.15, -0.1) is 11.3 Å². The number of hydrogen-bond donors (Lipinski definition) is 0. The summed E-state index contributed by atoms with van der Waals surface area (Å²) in [4.78, 5) is 8.40. The molecule has 2 aromatic carbocycles. The molecule has 29 heavy (non-hydrogen) atoms. The average molecular weight is 469 g/mol. The maximum Gasteiger partial charge on any atom is 0.186 e. The number of rotatable bonds is 8. The highest BCUT2D eigenvalue weighted by Crippen LogP contribution is 2.39. The maximum atomic E-state index is 13.5. The van der Waals surface area contributed by atoms with Crippen LogP contribution in [0.5, 0.6) is 0 Å². The fourth-order valence-electron chi connectivity index (χ4n) is 3.27. The van der Waals surface area contributed by atoms with Gasteiger partial charge in [0.1, 0.15) is 5.82 Å². The number of aryl methyl sites for hydroxylation is 1. The molecule has 1 atom stereocenters. The minimum atomic E-state index is -0.219. The highest BCUT2D eigenvalue weighted by atomic mass is 35.5. The largest absolute Gasteiger partial charge is 0.340 e. The fraction of sp³-hybridized carbons (Fsp3) is 0.318. The van der Waals surface area contributed by atoms with Gasteiger partial charge in [0.05, 0.1) is 16.8 Å². The normalized spacial score (nSPS) is 12.2. The van der Waals surface area contributed by atoms with Crippen LogP contribution in [0.3, 0.4) is 0 Å². The molecule has 0 spiro atoms. The predicted molar refractivity (Wildman–Crippen MR) is 127 cm³/mol. The highest BCUT2D eigenvalue weighted by molar-refractivity contribution is 7.98. The zero-order valence-corrected chi connectivity index (χ0v) is 19.7. The molecule has 0 aliphatic carbocycles. The molecule has 0 saturated heterocycles. The summed E-state index contributed by atoms with van der Waals surface area (Å²) >= 11 is 15.9. The summed E-state index contributed by atoms with van der Waals surface area (Å²) in [6, 6.07) is 12.4. The number of nitrogens with zero attached hydrogens (tertiary/aromatic N) is 2. The lowest BCUT2D eigenvalue weighted by atomic mass is 10.1. The lowest BCUT2D eigenvalue weighted by molar-refractivity contribution is 0.622. The number of thioether (sulfide) groups is 1. The van der Waals surface area contributed by atoms with Crippen molar-refractivity contribution in [2.45, 2.75) is 26.3 Å². The van der Waals surface area contributed by atoms with Gasteiger partial charge in [-0.1, -0.05) is 42.3 Å². The second-order valence-electron chi connectivity index (χ2n) is 6.74. The Kier molecular flexibility index (Phi) is 7.85. The second-order valence-corrected chi connectivity index (χ2v) is 9.68. The summed E-state index contributed by atoms with van der Waals surface area (Å²) in [6.07, 6.45) is 3.08. The topological polar surface area (TPSA) is 16.1 Å². The fourth-order valence-corrected chi connectivity index (χ4v) is 5.46. The van der Waals surface area contributed by atoms with Crippen molar-refractivity contribution in [3.05, 3.63) is 68.8 Å². The smallest absolute Gasteiger partial charge is 0.186 e. The summed E-state index contributed by atoms with van der Waals surface area (Å²) < 4.78 is 13.5. The Morgan fingerprint density at radius 1 is 1.17 bits per heavy atom.